The van der Waals surface area contributed by atoms with E-state index in [4.69, 9.17) is 20.6 Å². The molecule has 0 radical (unpaired) electrons. The van der Waals surface area contributed by atoms with E-state index in [1.54, 1.807) is 37.3 Å². The molecule has 1 aromatic heterocycles. The van der Waals surface area contributed by atoms with E-state index in [0.29, 0.717) is 39.7 Å². The zero-order chi connectivity index (χ0) is 23.9. The minimum absolute atomic E-state index is 0.0636. The Morgan fingerprint density at radius 2 is 2.00 bits per heavy atom. The van der Waals surface area contributed by atoms with Gasteiger partial charge in [-0.1, -0.05) is 6.07 Å². The minimum atomic E-state index is -1.76. The highest BCUT2D eigenvalue weighted by atomic mass is 16.5. The van der Waals surface area contributed by atoms with Crippen molar-refractivity contribution in [3.8, 4) is 5.75 Å². The summed E-state index contributed by atoms with van der Waals surface area (Å²) in [5.41, 5.74) is 11.5. The molecule has 0 saturated carbocycles. The summed E-state index contributed by atoms with van der Waals surface area (Å²) in [4.78, 5) is 50.4. The fraction of sp³-hybridized carbons (Fsp3) is 0.217. The molecule has 10 nitrogen and oxygen atoms in total. The van der Waals surface area contributed by atoms with Crippen LogP contribution in [0.25, 0.3) is 11.0 Å². The number of urea groups is 1. The lowest BCUT2D eigenvalue weighted by Gasteiger charge is -2.30. The fourth-order valence-corrected chi connectivity index (χ4v) is 4.09. The van der Waals surface area contributed by atoms with Crippen LogP contribution in [0, 0.1) is 6.92 Å². The van der Waals surface area contributed by atoms with E-state index in [9.17, 15) is 19.2 Å². The molecule has 0 unspecified atom stereocenters. The summed E-state index contributed by atoms with van der Waals surface area (Å²) in [7, 11) is 1.50. The Kier molecular flexibility index (Phi) is 5.28. The summed E-state index contributed by atoms with van der Waals surface area (Å²) in [5.74, 6) is -0.346. The first kappa shape index (κ1) is 21.9. The van der Waals surface area contributed by atoms with Crippen molar-refractivity contribution in [2.45, 2.75) is 19.0 Å². The Bertz CT molecular complexity index is 1310. The number of carbonyl (C=O) groups is 4. The first-order valence-electron chi connectivity index (χ1n) is 10.0. The lowest BCUT2D eigenvalue weighted by molar-refractivity contribution is -0.114. The molecular weight excluding hydrogens is 428 g/mol. The number of aldehydes is 1. The molecule has 10 heteroatoms. The molecule has 1 aliphatic heterocycles. The second-order valence-corrected chi connectivity index (χ2v) is 7.94. The normalized spacial score (nSPS) is 14.6. The standard InChI is InChI=1S/C23H22N4O6/c1-12-5-18-14(6-16(12)20(24)29)7-19(33-18)23(11-28,26-22(25)31)10-27-9-13-3-4-15(32-2)8-17(13)21(27)30/h3-8,11H,9-10H2,1-2H3,(H2,24,29)(H3,25,26,31)/t23-/m1/s1. The van der Waals surface area contributed by atoms with Gasteiger partial charge in [-0.05, 0) is 48.4 Å². The van der Waals surface area contributed by atoms with Crippen LogP contribution in [0.5, 0.6) is 5.75 Å². The summed E-state index contributed by atoms with van der Waals surface area (Å²) in [5, 5.41) is 2.94. The Balaban J connectivity index is 1.76. The van der Waals surface area contributed by atoms with Crippen LogP contribution >= 0.6 is 0 Å². The smallest absolute Gasteiger partial charge is 0.313 e. The van der Waals surface area contributed by atoms with Gasteiger partial charge in [0.25, 0.3) is 5.91 Å². The maximum atomic E-state index is 13.0. The van der Waals surface area contributed by atoms with Crippen molar-refractivity contribution in [1.29, 1.82) is 0 Å². The average molecular weight is 450 g/mol. The highest BCUT2D eigenvalue weighted by Crippen LogP contribution is 2.33. The maximum absolute atomic E-state index is 13.0. The van der Waals surface area contributed by atoms with E-state index in [2.05, 4.69) is 5.32 Å². The van der Waals surface area contributed by atoms with Gasteiger partial charge in [-0.3, -0.25) is 9.59 Å². The van der Waals surface area contributed by atoms with Crippen LogP contribution in [-0.4, -0.2) is 42.7 Å². The molecule has 1 aliphatic rings. The third-order valence-electron chi connectivity index (χ3n) is 5.75. The van der Waals surface area contributed by atoms with Crippen molar-refractivity contribution in [2.24, 2.45) is 11.5 Å². The van der Waals surface area contributed by atoms with Crippen molar-refractivity contribution in [1.82, 2.24) is 10.2 Å². The van der Waals surface area contributed by atoms with Gasteiger partial charge in [0.1, 0.15) is 17.1 Å². The first-order chi connectivity index (χ1) is 15.7. The number of nitrogens with two attached hydrogens (primary N) is 2. The second-order valence-electron chi connectivity index (χ2n) is 7.94. The maximum Gasteiger partial charge on any atom is 0.313 e. The van der Waals surface area contributed by atoms with Gasteiger partial charge in [-0.25, -0.2) is 4.79 Å². The van der Waals surface area contributed by atoms with Gasteiger partial charge < -0.3 is 35.6 Å². The zero-order valence-corrected chi connectivity index (χ0v) is 18.0. The number of rotatable bonds is 7. The number of fused-ring (bicyclic) bond motifs is 2. The van der Waals surface area contributed by atoms with E-state index < -0.39 is 17.5 Å². The number of amides is 4. The molecule has 5 N–H and O–H groups in total. The summed E-state index contributed by atoms with van der Waals surface area (Å²) in [6.07, 6.45) is 0.480. The number of hydrogen-bond acceptors (Lipinski definition) is 6. The predicted molar refractivity (Wildman–Crippen MR) is 118 cm³/mol. The quantitative estimate of drug-likeness (QED) is 0.464. The summed E-state index contributed by atoms with van der Waals surface area (Å²) in [6, 6.07) is 8.83. The molecule has 2 heterocycles. The van der Waals surface area contributed by atoms with Crippen LogP contribution in [-0.2, 0) is 16.9 Å². The molecule has 4 amide bonds. The van der Waals surface area contributed by atoms with E-state index in [1.807, 2.05) is 0 Å². The molecule has 0 aliphatic carbocycles. The number of nitrogens with zero attached hydrogens (tertiary/aromatic N) is 1. The molecule has 0 bridgehead atoms. The number of ether oxygens (including phenoxy) is 1. The number of nitrogens with one attached hydrogen (secondary N) is 1. The highest BCUT2D eigenvalue weighted by molar-refractivity contribution is 6.00. The largest absolute Gasteiger partial charge is 0.497 e. The van der Waals surface area contributed by atoms with E-state index in [0.717, 1.165) is 5.56 Å². The van der Waals surface area contributed by atoms with Crippen molar-refractivity contribution in [3.05, 3.63) is 64.4 Å². The van der Waals surface area contributed by atoms with E-state index >= 15 is 0 Å². The number of hydrogen-bond donors (Lipinski definition) is 3. The Hall–Kier alpha value is -4.34. The van der Waals surface area contributed by atoms with Crippen LogP contribution in [0.3, 0.4) is 0 Å². The fourth-order valence-electron chi connectivity index (χ4n) is 4.09. The lowest BCUT2D eigenvalue weighted by Crippen LogP contribution is -2.55. The van der Waals surface area contributed by atoms with Gasteiger partial charge >= 0.3 is 6.03 Å². The second kappa shape index (κ2) is 7.97. The van der Waals surface area contributed by atoms with Crippen LogP contribution in [0.2, 0.25) is 0 Å². The molecule has 0 spiro atoms. The third-order valence-corrected chi connectivity index (χ3v) is 5.75. The summed E-state index contributed by atoms with van der Waals surface area (Å²) >= 11 is 0. The van der Waals surface area contributed by atoms with Gasteiger partial charge in [0.2, 0.25) is 5.91 Å². The van der Waals surface area contributed by atoms with Crippen LogP contribution in [0.15, 0.2) is 40.8 Å². The summed E-state index contributed by atoms with van der Waals surface area (Å²) < 4.78 is 11.1. The molecule has 3 aromatic rings. The van der Waals surface area contributed by atoms with Crippen LogP contribution < -0.4 is 21.5 Å². The monoisotopic (exact) mass is 450 g/mol. The van der Waals surface area contributed by atoms with Crippen molar-refractivity contribution >= 4 is 35.1 Å². The molecule has 2 aromatic carbocycles. The number of primary amides is 2. The van der Waals surface area contributed by atoms with Crippen molar-refractivity contribution in [3.63, 3.8) is 0 Å². The first-order valence-corrected chi connectivity index (χ1v) is 10.0. The molecule has 0 fully saturated rings. The topological polar surface area (TPSA) is 158 Å². The molecule has 4 rings (SSSR count). The SMILES string of the molecule is COc1ccc2c(c1)C(=O)N(C[C@](C=O)(NC(N)=O)c1cc3cc(C(N)=O)c(C)cc3o1)C2. The Morgan fingerprint density at radius 1 is 1.24 bits per heavy atom. The van der Waals surface area contributed by atoms with Gasteiger partial charge in [-0.2, -0.15) is 0 Å². The lowest BCUT2D eigenvalue weighted by atomic mass is 9.96. The van der Waals surface area contributed by atoms with Crippen molar-refractivity contribution in [2.75, 3.05) is 13.7 Å². The molecule has 1 atom stereocenters. The zero-order valence-electron chi connectivity index (χ0n) is 18.0. The molecule has 33 heavy (non-hydrogen) atoms. The van der Waals surface area contributed by atoms with Crippen LogP contribution in [0.1, 0.15) is 37.6 Å². The minimum Gasteiger partial charge on any atom is -0.497 e. The van der Waals surface area contributed by atoms with Gasteiger partial charge in [0.05, 0.1) is 13.7 Å². The number of carbonyl (C=O) groups excluding carboxylic acids is 4. The Labute approximate surface area is 188 Å². The summed E-state index contributed by atoms with van der Waals surface area (Å²) in [6.45, 7) is 1.70. The molecular formula is C23H22N4O6. The number of methoxy groups -OCH3 is 1. The van der Waals surface area contributed by atoms with Crippen molar-refractivity contribution < 1.29 is 28.3 Å². The third kappa shape index (κ3) is 3.75. The van der Waals surface area contributed by atoms with E-state index in [-0.39, 0.29) is 24.8 Å². The van der Waals surface area contributed by atoms with Crippen LogP contribution in [0.4, 0.5) is 4.79 Å². The number of furan rings is 1. The average Bonchev–Trinajstić information content (AvgIpc) is 3.32. The predicted octanol–water partition coefficient (Wildman–Crippen LogP) is 1.57. The van der Waals surface area contributed by atoms with E-state index in [1.165, 1.54) is 18.1 Å². The number of benzene rings is 2. The molecule has 170 valence electrons. The molecule has 0 saturated heterocycles. The van der Waals surface area contributed by atoms with Gasteiger partial charge in [-0.15, -0.1) is 0 Å². The highest BCUT2D eigenvalue weighted by Gasteiger charge is 2.42. The van der Waals surface area contributed by atoms with Gasteiger partial charge in [0, 0.05) is 23.1 Å². The van der Waals surface area contributed by atoms with Gasteiger partial charge in [0.15, 0.2) is 11.8 Å². The number of aryl methyl sites for hydroxylation is 1. The Morgan fingerprint density at radius 3 is 2.64 bits per heavy atom.